The van der Waals surface area contributed by atoms with Gasteiger partial charge in [-0.1, -0.05) is 34.6 Å². The van der Waals surface area contributed by atoms with Gasteiger partial charge in [0.1, 0.15) is 5.78 Å². The van der Waals surface area contributed by atoms with Crippen LogP contribution in [0.4, 0.5) is 0 Å². The minimum Gasteiger partial charge on any atom is -0.300 e. The minimum absolute atomic E-state index is 0.404. The maximum absolute atomic E-state index is 11.4. The fourth-order valence-corrected chi connectivity index (χ4v) is 3.65. The third-order valence-electron chi connectivity index (χ3n) is 4.11. The molecule has 0 unspecified atom stereocenters. The summed E-state index contributed by atoms with van der Waals surface area (Å²) in [5.74, 6) is 1.28. The van der Waals surface area contributed by atoms with E-state index < -0.39 is 0 Å². The standard InChI is InChI=1S/C16H30O/c1-15(2,3)12-16(4,5)13-8-6-10-14(17)11-7-9-13/h13H,6-12H2,1-5H3. The second kappa shape index (κ2) is 5.54. The summed E-state index contributed by atoms with van der Waals surface area (Å²) >= 11 is 0. The van der Waals surface area contributed by atoms with Crippen molar-refractivity contribution >= 4 is 5.78 Å². The number of hydrogen-bond acceptors (Lipinski definition) is 1. The maximum Gasteiger partial charge on any atom is 0.132 e. The average molecular weight is 238 g/mol. The van der Waals surface area contributed by atoms with Crippen molar-refractivity contribution in [3.63, 3.8) is 0 Å². The number of Topliss-reactive ketones (excluding diaryl/α,β-unsaturated/α-hetero) is 1. The Morgan fingerprint density at radius 3 is 1.88 bits per heavy atom. The van der Waals surface area contributed by atoms with Gasteiger partial charge in [-0.2, -0.15) is 0 Å². The molecule has 1 heteroatoms. The Hall–Kier alpha value is -0.330. The summed E-state index contributed by atoms with van der Waals surface area (Å²) in [6.45, 7) is 11.8. The van der Waals surface area contributed by atoms with Gasteiger partial charge in [-0.05, 0) is 48.9 Å². The van der Waals surface area contributed by atoms with Crippen LogP contribution < -0.4 is 0 Å². The predicted molar refractivity (Wildman–Crippen MR) is 74.1 cm³/mol. The van der Waals surface area contributed by atoms with E-state index in [4.69, 9.17) is 0 Å². The molecule has 1 aliphatic rings. The van der Waals surface area contributed by atoms with Crippen molar-refractivity contribution in [2.75, 3.05) is 0 Å². The van der Waals surface area contributed by atoms with Crippen molar-refractivity contribution in [2.45, 2.75) is 79.6 Å². The molecule has 17 heavy (non-hydrogen) atoms. The number of carbonyl (C=O) groups is 1. The second-order valence-corrected chi connectivity index (χ2v) is 7.75. The van der Waals surface area contributed by atoms with Gasteiger partial charge in [0.05, 0.1) is 0 Å². The minimum atomic E-state index is 0.404. The van der Waals surface area contributed by atoms with E-state index in [2.05, 4.69) is 34.6 Å². The first-order valence-corrected chi connectivity index (χ1v) is 7.22. The fourth-order valence-electron chi connectivity index (χ4n) is 3.65. The van der Waals surface area contributed by atoms with Crippen molar-refractivity contribution in [1.82, 2.24) is 0 Å². The largest absolute Gasteiger partial charge is 0.300 e. The van der Waals surface area contributed by atoms with Crippen molar-refractivity contribution in [1.29, 1.82) is 0 Å². The van der Waals surface area contributed by atoms with Gasteiger partial charge < -0.3 is 0 Å². The molecule has 0 aliphatic heterocycles. The highest BCUT2D eigenvalue weighted by molar-refractivity contribution is 5.78. The molecule has 0 spiro atoms. The number of rotatable bonds is 2. The Kier molecular flexibility index (Phi) is 4.80. The molecule has 0 aromatic heterocycles. The highest BCUT2D eigenvalue weighted by atomic mass is 16.1. The molecule has 0 aromatic rings. The predicted octanol–water partition coefficient (Wildman–Crippen LogP) is 4.99. The smallest absolute Gasteiger partial charge is 0.132 e. The highest BCUT2D eigenvalue weighted by Crippen LogP contribution is 2.43. The summed E-state index contributed by atoms with van der Waals surface area (Å²) < 4.78 is 0. The molecule has 0 saturated heterocycles. The van der Waals surface area contributed by atoms with Crippen LogP contribution in [-0.4, -0.2) is 5.78 Å². The Bertz CT molecular complexity index is 245. The van der Waals surface area contributed by atoms with Crippen LogP contribution in [-0.2, 0) is 4.79 Å². The normalized spacial score (nSPS) is 21.1. The lowest BCUT2D eigenvalue weighted by Crippen LogP contribution is -2.30. The van der Waals surface area contributed by atoms with E-state index in [9.17, 15) is 4.79 Å². The number of carbonyl (C=O) groups excluding carboxylic acids is 1. The summed E-state index contributed by atoms with van der Waals surface area (Å²) in [5.41, 5.74) is 0.820. The molecule has 1 aliphatic carbocycles. The molecular weight excluding hydrogens is 208 g/mol. The molecule has 1 fully saturated rings. The molecule has 0 N–H and O–H groups in total. The zero-order valence-electron chi connectivity index (χ0n) is 12.4. The van der Waals surface area contributed by atoms with Gasteiger partial charge in [0, 0.05) is 12.8 Å². The lowest BCUT2D eigenvalue weighted by Gasteiger charge is -2.40. The van der Waals surface area contributed by atoms with Crippen LogP contribution >= 0.6 is 0 Å². The van der Waals surface area contributed by atoms with E-state index in [1.165, 1.54) is 19.3 Å². The average Bonchev–Trinajstić information content (AvgIpc) is 2.06. The van der Waals surface area contributed by atoms with Crippen LogP contribution in [0.25, 0.3) is 0 Å². The number of hydrogen-bond donors (Lipinski definition) is 0. The van der Waals surface area contributed by atoms with Gasteiger partial charge in [-0.25, -0.2) is 0 Å². The molecule has 1 rings (SSSR count). The summed E-state index contributed by atoms with van der Waals surface area (Å²) in [4.78, 5) is 11.4. The van der Waals surface area contributed by atoms with Gasteiger partial charge >= 0.3 is 0 Å². The molecule has 0 aromatic carbocycles. The SMILES string of the molecule is CC(C)(C)CC(C)(C)C1CCCC(=O)CCC1. The van der Waals surface area contributed by atoms with Crippen LogP contribution in [0.2, 0.25) is 0 Å². The fraction of sp³-hybridized carbons (Fsp3) is 0.938. The Morgan fingerprint density at radius 2 is 1.47 bits per heavy atom. The van der Waals surface area contributed by atoms with Gasteiger partial charge in [-0.15, -0.1) is 0 Å². The lowest BCUT2D eigenvalue weighted by atomic mass is 9.65. The van der Waals surface area contributed by atoms with Crippen LogP contribution in [0.5, 0.6) is 0 Å². The van der Waals surface area contributed by atoms with Gasteiger partial charge in [0.2, 0.25) is 0 Å². The zero-order chi connectivity index (χ0) is 13.1. The quantitative estimate of drug-likeness (QED) is 0.662. The summed E-state index contributed by atoms with van der Waals surface area (Å²) in [7, 11) is 0. The van der Waals surface area contributed by atoms with Crippen molar-refractivity contribution in [2.24, 2.45) is 16.7 Å². The van der Waals surface area contributed by atoms with Crippen LogP contribution in [0.15, 0.2) is 0 Å². The molecule has 0 heterocycles. The third kappa shape index (κ3) is 5.23. The topological polar surface area (TPSA) is 17.1 Å². The van der Waals surface area contributed by atoms with Crippen molar-refractivity contribution < 1.29 is 4.79 Å². The van der Waals surface area contributed by atoms with E-state index in [1.807, 2.05) is 0 Å². The van der Waals surface area contributed by atoms with Crippen molar-refractivity contribution in [3.05, 3.63) is 0 Å². The summed E-state index contributed by atoms with van der Waals surface area (Å²) in [6.07, 6.45) is 7.63. The molecule has 0 radical (unpaired) electrons. The monoisotopic (exact) mass is 238 g/mol. The van der Waals surface area contributed by atoms with E-state index >= 15 is 0 Å². The van der Waals surface area contributed by atoms with E-state index in [-0.39, 0.29) is 0 Å². The van der Waals surface area contributed by atoms with E-state index in [0.717, 1.165) is 31.6 Å². The summed E-state index contributed by atoms with van der Waals surface area (Å²) in [6, 6.07) is 0. The first kappa shape index (κ1) is 14.7. The van der Waals surface area contributed by atoms with Crippen LogP contribution in [0.3, 0.4) is 0 Å². The van der Waals surface area contributed by atoms with Crippen molar-refractivity contribution in [3.8, 4) is 0 Å². The maximum atomic E-state index is 11.4. The molecule has 0 amide bonds. The van der Waals surface area contributed by atoms with Gasteiger partial charge in [-0.3, -0.25) is 4.79 Å². The van der Waals surface area contributed by atoms with E-state index in [1.54, 1.807) is 0 Å². The van der Waals surface area contributed by atoms with Crippen LogP contribution in [0.1, 0.15) is 79.6 Å². The first-order valence-electron chi connectivity index (χ1n) is 7.22. The first-order chi connectivity index (χ1) is 7.71. The molecule has 1 nitrogen and oxygen atoms in total. The zero-order valence-corrected chi connectivity index (χ0v) is 12.4. The molecule has 100 valence electrons. The Balaban J connectivity index is 2.60. The highest BCUT2D eigenvalue weighted by Gasteiger charge is 2.33. The molecule has 0 atom stereocenters. The Morgan fingerprint density at radius 1 is 1.00 bits per heavy atom. The molecular formula is C16H30O. The van der Waals surface area contributed by atoms with Gasteiger partial charge in [0.15, 0.2) is 0 Å². The molecule has 1 saturated carbocycles. The van der Waals surface area contributed by atoms with Crippen LogP contribution in [0, 0.1) is 16.7 Å². The lowest BCUT2D eigenvalue weighted by molar-refractivity contribution is -0.119. The third-order valence-corrected chi connectivity index (χ3v) is 4.11. The number of ketones is 1. The summed E-state index contributed by atoms with van der Waals surface area (Å²) in [5, 5.41) is 0. The van der Waals surface area contributed by atoms with E-state index in [0.29, 0.717) is 16.6 Å². The molecule has 0 bridgehead atoms. The van der Waals surface area contributed by atoms with Gasteiger partial charge in [0.25, 0.3) is 0 Å². The Labute approximate surface area is 107 Å². The second-order valence-electron chi connectivity index (χ2n) is 7.75.